The number of nitrogens with one attached hydrogen (secondary N) is 1. The Balaban J connectivity index is 1.80. The summed E-state index contributed by atoms with van der Waals surface area (Å²) in [5, 5.41) is 27.1. The van der Waals surface area contributed by atoms with Gasteiger partial charge in [-0.25, -0.2) is 0 Å². The quantitative estimate of drug-likeness (QED) is 0.330. The zero-order valence-electron chi connectivity index (χ0n) is 13.6. The molecule has 0 aliphatic rings. The van der Waals surface area contributed by atoms with Gasteiger partial charge in [-0.3, -0.25) is 15.5 Å². The summed E-state index contributed by atoms with van der Waals surface area (Å²) in [6, 6.07) is 22.5. The number of anilines is 1. The SMILES string of the molecule is O=[N+]([O-])c1ccccc1N=Nc1ccccc1N=NNc1ccccc1. The molecule has 0 bridgehead atoms. The van der Waals surface area contributed by atoms with Crippen molar-refractivity contribution in [3.63, 3.8) is 0 Å². The lowest BCUT2D eigenvalue weighted by atomic mass is 10.3. The van der Waals surface area contributed by atoms with E-state index in [1.54, 1.807) is 36.4 Å². The molecule has 0 atom stereocenters. The van der Waals surface area contributed by atoms with Crippen molar-refractivity contribution < 1.29 is 4.92 Å². The van der Waals surface area contributed by atoms with Crippen LogP contribution < -0.4 is 5.43 Å². The Hall–Kier alpha value is -3.94. The second kappa shape index (κ2) is 8.25. The van der Waals surface area contributed by atoms with E-state index < -0.39 is 4.92 Å². The molecule has 0 radical (unpaired) electrons. The molecular weight excluding hydrogens is 332 g/mol. The fourth-order valence-electron chi connectivity index (χ4n) is 2.09. The van der Waals surface area contributed by atoms with Gasteiger partial charge < -0.3 is 0 Å². The maximum Gasteiger partial charge on any atom is 0.296 e. The fraction of sp³-hybridized carbons (Fsp3) is 0. The number of nitro groups is 1. The standard InChI is InChI=1S/C18H14N6O2/c25-24(26)18-13-7-6-12-17(18)21-20-15-10-4-5-11-16(15)22-23-19-14-8-2-1-3-9-14/h1-13H,(H,19,22). The lowest BCUT2D eigenvalue weighted by Gasteiger charge is -2.00. The van der Waals surface area contributed by atoms with Crippen molar-refractivity contribution >= 4 is 28.4 Å². The molecule has 128 valence electrons. The largest absolute Gasteiger partial charge is 0.296 e. The van der Waals surface area contributed by atoms with Crippen LogP contribution in [0.3, 0.4) is 0 Å². The van der Waals surface area contributed by atoms with E-state index in [9.17, 15) is 10.1 Å². The number of para-hydroxylation sites is 2. The maximum atomic E-state index is 11.0. The van der Waals surface area contributed by atoms with Gasteiger partial charge in [-0.2, -0.15) is 0 Å². The lowest BCUT2D eigenvalue weighted by Crippen LogP contribution is -1.87. The highest BCUT2D eigenvalue weighted by molar-refractivity contribution is 5.62. The topological polar surface area (TPSA) is 105 Å². The Kier molecular flexibility index (Phi) is 5.36. The van der Waals surface area contributed by atoms with Crippen LogP contribution in [0.25, 0.3) is 0 Å². The second-order valence-corrected chi connectivity index (χ2v) is 5.11. The number of rotatable bonds is 6. The molecule has 0 aromatic heterocycles. The molecule has 0 amide bonds. The minimum absolute atomic E-state index is 0.110. The van der Waals surface area contributed by atoms with Gasteiger partial charge in [0.15, 0.2) is 5.69 Å². The van der Waals surface area contributed by atoms with Gasteiger partial charge in [0.2, 0.25) is 0 Å². The van der Waals surface area contributed by atoms with Crippen LogP contribution in [-0.4, -0.2) is 4.92 Å². The van der Waals surface area contributed by atoms with Crippen LogP contribution in [0.5, 0.6) is 0 Å². The summed E-state index contributed by atoms with van der Waals surface area (Å²) >= 11 is 0. The van der Waals surface area contributed by atoms with Crippen molar-refractivity contribution in [1.82, 2.24) is 0 Å². The van der Waals surface area contributed by atoms with Gasteiger partial charge in [0, 0.05) is 6.07 Å². The Morgan fingerprint density at radius 3 is 1.92 bits per heavy atom. The Bertz CT molecular complexity index is 957. The minimum atomic E-state index is -0.496. The summed E-state index contributed by atoms with van der Waals surface area (Å²) in [6.07, 6.45) is 0. The van der Waals surface area contributed by atoms with Crippen LogP contribution in [-0.2, 0) is 0 Å². The molecule has 0 aliphatic carbocycles. The number of hydrogen-bond donors (Lipinski definition) is 1. The van der Waals surface area contributed by atoms with E-state index in [4.69, 9.17) is 0 Å². The third-order valence-electron chi connectivity index (χ3n) is 3.34. The van der Waals surface area contributed by atoms with Gasteiger partial charge in [-0.15, -0.1) is 15.3 Å². The third-order valence-corrected chi connectivity index (χ3v) is 3.34. The maximum absolute atomic E-state index is 11.0. The molecule has 0 saturated heterocycles. The summed E-state index contributed by atoms with van der Waals surface area (Å²) < 4.78 is 0. The van der Waals surface area contributed by atoms with Crippen LogP contribution in [0.2, 0.25) is 0 Å². The Labute approximate surface area is 149 Å². The molecule has 1 N–H and O–H groups in total. The molecule has 0 aliphatic heterocycles. The van der Waals surface area contributed by atoms with Crippen molar-refractivity contribution in [2.75, 3.05) is 5.43 Å². The van der Waals surface area contributed by atoms with Gasteiger partial charge in [0.1, 0.15) is 11.4 Å². The first kappa shape index (κ1) is 16.9. The van der Waals surface area contributed by atoms with E-state index in [0.717, 1.165) is 5.69 Å². The predicted molar refractivity (Wildman–Crippen MR) is 98.3 cm³/mol. The molecule has 26 heavy (non-hydrogen) atoms. The highest BCUT2D eigenvalue weighted by Crippen LogP contribution is 2.32. The van der Waals surface area contributed by atoms with Crippen LogP contribution >= 0.6 is 0 Å². The van der Waals surface area contributed by atoms with Crippen LogP contribution in [0.4, 0.5) is 28.4 Å². The Morgan fingerprint density at radius 1 is 0.692 bits per heavy atom. The Morgan fingerprint density at radius 2 is 1.23 bits per heavy atom. The average molecular weight is 346 g/mol. The number of nitrogens with zero attached hydrogens (tertiary/aromatic N) is 5. The monoisotopic (exact) mass is 346 g/mol. The van der Waals surface area contributed by atoms with Gasteiger partial charge >= 0.3 is 0 Å². The molecule has 0 fully saturated rings. The first-order valence-corrected chi connectivity index (χ1v) is 7.70. The van der Waals surface area contributed by atoms with Crippen molar-refractivity contribution in [3.05, 3.63) is 89.0 Å². The first-order chi connectivity index (χ1) is 12.7. The molecule has 0 heterocycles. The summed E-state index contributed by atoms with van der Waals surface area (Å²) in [6.45, 7) is 0. The molecule has 0 spiro atoms. The van der Waals surface area contributed by atoms with Crippen molar-refractivity contribution in [1.29, 1.82) is 0 Å². The zero-order valence-corrected chi connectivity index (χ0v) is 13.6. The molecule has 0 saturated carbocycles. The van der Waals surface area contributed by atoms with E-state index in [0.29, 0.717) is 11.4 Å². The van der Waals surface area contributed by atoms with E-state index in [1.165, 1.54) is 12.1 Å². The molecule has 3 aromatic rings. The fourth-order valence-corrected chi connectivity index (χ4v) is 2.09. The lowest BCUT2D eigenvalue weighted by molar-refractivity contribution is -0.384. The number of hydrogen-bond acceptors (Lipinski definition) is 6. The van der Waals surface area contributed by atoms with E-state index in [-0.39, 0.29) is 11.4 Å². The van der Waals surface area contributed by atoms with E-state index in [1.807, 2.05) is 30.3 Å². The normalized spacial score (nSPS) is 11.1. The molecular formula is C18H14N6O2. The number of azo groups is 1. The predicted octanol–water partition coefficient (Wildman–Crippen LogP) is 6.12. The minimum Gasteiger partial charge on any atom is -0.260 e. The molecule has 0 unspecified atom stereocenters. The molecule has 8 nitrogen and oxygen atoms in total. The highest BCUT2D eigenvalue weighted by Gasteiger charge is 2.11. The van der Waals surface area contributed by atoms with Gasteiger partial charge in [-0.05, 0) is 30.3 Å². The average Bonchev–Trinajstić information content (AvgIpc) is 2.68. The first-order valence-electron chi connectivity index (χ1n) is 7.70. The number of benzene rings is 3. The summed E-state index contributed by atoms with van der Waals surface area (Å²) in [5.74, 6) is 0. The van der Waals surface area contributed by atoms with Gasteiger partial charge in [0.05, 0.1) is 10.6 Å². The molecule has 3 rings (SSSR count). The van der Waals surface area contributed by atoms with Crippen LogP contribution in [0.15, 0.2) is 99.4 Å². The van der Waals surface area contributed by atoms with Gasteiger partial charge in [-0.1, -0.05) is 47.7 Å². The second-order valence-electron chi connectivity index (χ2n) is 5.11. The molecule has 3 aromatic carbocycles. The van der Waals surface area contributed by atoms with Gasteiger partial charge in [0.25, 0.3) is 5.69 Å². The smallest absolute Gasteiger partial charge is 0.260 e. The van der Waals surface area contributed by atoms with Crippen molar-refractivity contribution in [2.24, 2.45) is 20.6 Å². The summed E-state index contributed by atoms with van der Waals surface area (Å²) in [7, 11) is 0. The van der Waals surface area contributed by atoms with Crippen molar-refractivity contribution in [3.8, 4) is 0 Å². The highest BCUT2D eigenvalue weighted by atomic mass is 16.6. The van der Waals surface area contributed by atoms with Crippen LogP contribution in [0, 0.1) is 10.1 Å². The van der Waals surface area contributed by atoms with E-state index >= 15 is 0 Å². The number of nitro benzene ring substituents is 1. The van der Waals surface area contributed by atoms with Crippen LogP contribution in [0.1, 0.15) is 0 Å². The van der Waals surface area contributed by atoms with Crippen molar-refractivity contribution in [2.45, 2.75) is 0 Å². The summed E-state index contributed by atoms with van der Waals surface area (Å²) in [4.78, 5) is 10.5. The third kappa shape index (κ3) is 4.32. The zero-order chi connectivity index (χ0) is 18.2. The summed E-state index contributed by atoms with van der Waals surface area (Å²) in [5.41, 5.74) is 4.61. The molecule has 8 heteroatoms. The van der Waals surface area contributed by atoms with E-state index in [2.05, 4.69) is 26.0 Å².